The number of aliphatic imine (C=N–C) groups is 1. The maximum atomic E-state index is 4.65. The van der Waals surface area contributed by atoms with Gasteiger partial charge in [0.1, 0.15) is 12.4 Å². The number of hydrogen-bond donors (Lipinski definition) is 2. The van der Waals surface area contributed by atoms with Gasteiger partial charge in [-0.25, -0.2) is 4.99 Å². The largest absolute Gasteiger partial charge is 0.357 e. The van der Waals surface area contributed by atoms with E-state index in [9.17, 15) is 0 Å². The highest BCUT2D eigenvalue weighted by Crippen LogP contribution is 2.28. The van der Waals surface area contributed by atoms with Crippen LogP contribution in [-0.2, 0) is 19.5 Å². The van der Waals surface area contributed by atoms with Crippen LogP contribution in [0.5, 0.6) is 0 Å². The van der Waals surface area contributed by atoms with E-state index in [-0.39, 0.29) is 0 Å². The molecule has 2 N–H and O–H groups in total. The third-order valence-corrected chi connectivity index (χ3v) is 4.09. The van der Waals surface area contributed by atoms with Gasteiger partial charge in [-0.3, -0.25) is 0 Å². The molecule has 2 aliphatic rings. The second kappa shape index (κ2) is 5.81. The van der Waals surface area contributed by atoms with Crippen molar-refractivity contribution in [1.82, 2.24) is 25.4 Å². The van der Waals surface area contributed by atoms with Gasteiger partial charge in [-0.2, -0.15) is 0 Å². The Morgan fingerprint density at radius 2 is 2.25 bits per heavy atom. The molecular weight excluding hydrogens is 252 g/mol. The second-order valence-electron chi connectivity index (χ2n) is 5.80. The number of fused-ring (bicyclic) bond motifs is 1. The minimum Gasteiger partial charge on any atom is -0.357 e. The van der Waals surface area contributed by atoms with Crippen LogP contribution in [-0.4, -0.2) is 33.3 Å². The van der Waals surface area contributed by atoms with Gasteiger partial charge in [-0.15, -0.1) is 10.2 Å². The third kappa shape index (κ3) is 2.94. The van der Waals surface area contributed by atoms with Crippen LogP contribution in [0.2, 0.25) is 0 Å². The lowest BCUT2D eigenvalue weighted by Gasteiger charge is -2.14. The van der Waals surface area contributed by atoms with E-state index in [1.807, 2.05) is 0 Å². The van der Waals surface area contributed by atoms with E-state index in [2.05, 4.69) is 44.2 Å². The Labute approximate surface area is 120 Å². The Morgan fingerprint density at radius 3 is 3.00 bits per heavy atom. The summed E-state index contributed by atoms with van der Waals surface area (Å²) in [6, 6.07) is 0.583. The molecule has 1 aromatic rings. The second-order valence-corrected chi connectivity index (χ2v) is 5.80. The number of guanidine groups is 1. The van der Waals surface area contributed by atoms with Gasteiger partial charge in [-0.1, -0.05) is 6.92 Å². The summed E-state index contributed by atoms with van der Waals surface area (Å²) in [6.07, 6.45) is 4.74. The minimum absolute atomic E-state index is 0.583. The van der Waals surface area contributed by atoms with E-state index >= 15 is 0 Å². The zero-order valence-corrected chi connectivity index (χ0v) is 12.4. The molecule has 0 spiro atoms. The van der Waals surface area contributed by atoms with Crippen LogP contribution in [0.3, 0.4) is 0 Å². The van der Waals surface area contributed by atoms with Crippen LogP contribution in [0.1, 0.15) is 44.8 Å². The summed E-state index contributed by atoms with van der Waals surface area (Å²) in [7, 11) is 0. The summed E-state index contributed by atoms with van der Waals surface area (Å²) in [5.41, 5.74) is 0. The van der Waals surface area contributed by atoms with Crippen molar-refractivity contribution in [3.63, 3.8) is 0 Å². The Morgan fingerprint density at radius 1 is 1.40 bits per heavy atom. The molecule has 0 amide bonds. The van der Waals surface area contributed by atoms with Crippen molar-refractivity contribution in [2.24, 2.45) is 10.9 Å². The predicted octanol–water partition coefficient (Wildman–Crippen LogP) is 1.08. The van der Waals surface area contributed by atoms with E-state index in [1.54, 1.807) is 0 Å². The molecule has 1 fully saturated rings. The maximum absolute atomic E-state index is 4.65. The van der Waals surface area contributed by atoms with Gasteiger partial charge >= 0.3 is 0 Å². The molecule has 20 heavy (non-hydrogen) atoms. The molecule has 3 rings (SSSR count). The molecule has 2 unspecified atom stereocenters. The van der Waals surface area contributed by atoms with E-state index in [0.717, 1.165) is 43.0 Å². The van der Waals surface area contributed by atoms with Crippen LogP contribution in [0.15, 0.2) is 4.99 Å². The molecule has 0 bridgehead atoms. The number of hydrogen-bond acceptors (Lipinski definition) is 3. The standard InChI is InChI=1S/C14H24N6/c1-3-15-14(17-11-8-10(11)2)16-9-13-19-18-12-6-4-5-7-20(12)13/h10-11H,3-9H2,1-2H3,(H2,15,16,17). The Hall–Kier alpha value is -1.59. The molecule has 2 atom stereocenters. The summed E-state index contributed by atoms with van der Waals surface area (Å²) in [6.45, 7) is 6.87. The molecule has 1 aliphatic heterocycles. The normalized spacial score (nSPS) is 25.2. The molecule has 1 aliphatic carbocycles. The van der Waals surface area contributed by atoms with Gasteiger partial charge in [0, 0.05) is 25.6 Å². The van der Waals surface area contributed by atoms with Gasteiger partial charge < -0.3 is 15.2 Å². The van der Waals surface area contributed by atoms with Crippen LogP contribution < -0.4 is 10.6 Å². The Balaban J connectivity index is 1.65. The van der Waals surface area contributed by atoms with Gasteiger partial charge in [0.25, 0.3) is 0 Å². The van der Waals surface area contributed by atoms with Gasteiger partial charge in [0.15, 0.2) is 11.8 Å². The summed E-state index contributed by atoms with van der Waals surface area (Å²) < 4.78 is 2.23. The first kappa shape index (κ1) is 13.4. The third-order valence-electron chi connectivity index (χ3n) is 4.09. The van der Waals surface area contributed by atoms with E-state index in [0.29, 0.717) is 12.6 Å². The van der Waals surface area contributed by atoms with E-state index < -0.39 is 0 Å². The lowest BCUT2D eigenvalue weighted by Crippen LogP contribution is -2.39. The van der Waals surface area contributed by atoms with Gasteiger partial charge in [-0.05, 0) is 32.1 Å². The molecule has 0 saturated heterocycles. The van der Waals surface area contributed by atoms with Crippen molar-refractivity contribution < 1.29 is 0 Å². The van der Waals surface area contributed by atoms with Crippen LogP contribution in [0, 0.1) is 5.92 Å². The molecule has 1 aromatic heterocycles. The molecule has 1 saturated carbocycles. The highest BCUT2D eigenvalue weighted by Gasteiger charge is 2.33. The first-order chi connectivity index (χ1) is 9.78. The smallest absolute Gasteiger partial charge is 0.191 e. The molecule has 0 aromatic carbocycles. The zero-order valence-electron chi connectivity index (χ0n) is 12.4. The van der Waals surface area contributed by atoms with Crippen molar-refractivity contribution in [3.05, 3.63) is 11.6 Å². The van der Waals surface area contributed by atoms with E-state index in [4.69, 9.17) is 0 Å². The fraction of sp³-hybridized carbons (Fsp3) is 0.786. The number of aromatic nitrogens is 3. The maximum Gasteiger partial charge on any atom is 0.191 e. The van der Waals surface area contributed by atoms with E-state index in [1.165, 1.54) is 19.3 Å². The van der Waals surface area contributed by atoms with Gasteiger partial charge in [0.05, 0.1) is 0 Å². The van der Waals surface area contributed by atoms with Crippen LogP contribution in [0.25, 0.3) is 0 Å². The lowest BCUT2D eigenvalue weighted by atomic mass is 10.2. The minimum atomic E-state index is 0.583. The van der Waals surface area contributed by atoms with Crippen molar-refractivity contribution in [2.45, 2.75) is 58.7 Å². The topological polar surface area (TPSA) is 67.1 Å². The van der Waals surface area contributed by atoms with Crippen LogP contribution in [0.4, 0.5) is 0 Å². The Bertz CT molecular complexity index is 492. The van der Waals surface area contributed by atoms with Crippen molar-refractivity contribution in [1.29, 1.82) is 0 Å². The SMILES string of the molecule is CCNC(=NCc1nnc2n1CCCC2)NC1CC1C. The number of rotatable bonds is 4. The first-order valence-electron chi connectivity index (χ1n) is 7.73. The van der Waals surface area contributed by atoms with Crippen molar-refractivity contribution >= 4 is 5.96 Å². The molecule has 6 nitrogen and oxygen atoms in total. The number of nitrogens with zero attached hydrogens (tertiary/aromatic N) is 4. The lowest BCUT2D eigenvalue weighted by molar-refractivity contribution is 0.508. The van der Waals surface area contributed by atoms with Crippen LogP contribution >= 0.6 is 0 Å². The average molecular weight is 276 g/mol. The number of nitrogens with one attached hydrogen (secondary N) is 2. The summed E-state index contributed by atoms with van der Waals surface area (Å²) >= 11 is 0. The highest BCUT2D eigenvalue weighted by molar-refractivity contribution is 5.80. The summed E-state index contributed by atoms with van der Waals surface area (Å²) in [5.74, 6) is 3.77. The molecule has 6 heteroatoms. The fourth-order valence-corrected chi connectivity index (χ4v) is 2.65. The molecular formula is C14H24N6. The predicted molar refractivity (Wildman–Crippen MR) is 78.5 cm³/mol. The average Bonchev–Trinajstić information content (AvgIpc) is 3.00. The zero-order chi connectivity index (χ0) is 13.9. The summed E-state index contributed by atoms with van der Waals surface area (Å²) in [4.78, 5) is 4.65. The highest BCUT2D eigenvalue weighted by atomic mass is 15.3. The Kier molecular flexibility index (Phi) is 3.89. The fourth-order valence-electron chi connectivity index (χ4n) is 2.65. The molecule has 110 valence electrons. The molecule has 2 heterocycles. The first-order valence-corrected chi connectivity index (χ1v) is 7.73. The van der Waals surface area contributed by atoms with Gasteiger partial charge in [0.2, 0.25) is 0 Å². The molecule has 0 radical (unpaired) electrons. The monoisotopic (exact) mass is 276 g/mol. The van der Waals surface area contributed by atoms with Crippen molar-refractivity contribution in [3.8, 4) is 0 Å². The quantitative estimate of drug-likeness (QED) is 0.638. The van der Waals surface area contributed by atoms with Crippen molar-refractivity contribution in [2.75, 3.05) is 6.54 Å². The number of aryl methyl sites for hydroxylation is 1. The summed E-state index contributed by atoms with van der Waals surface area (Å²) in [5, 5.41) is 15.3.